The molecule has 2 N–H and O–H groups in total. The summed E-state index contributed by atoms with van der Waals surface area (Å²) >= 11 is 1.47. The summed E-state index contributed by atoms with van der Waals surface area (Å²) in [5.74, 6) is 0.858. The molecule has 7 nitrogen and oxygen atoms in total. The molecular formula is C26H28N2O5S. The van der Waals surface area contributed by atoms with Crippen LogP contribution in [0.1, 0.15) is 40.2 Å². The summed E-state index contributed by atoms with van der Waals surface area (Å²) < 4.78 is 15.7. The third-order valence-corrected chi connectivity index (χ3v) is 6.02. The summed E-state index contributed by atoms with van der Waals surface area (Å²) in [4.78, 5) is 27.1. The second kappa shape index (κ2) is 11.9. The van der Waals surface area contributed by atoms with Gasteiger partial charge in [0.1, 0.15) is 11.4 Å². The molecule has 178 valence electrons. The minimum absolute atomic E-state index is 0.147. The van der Waals surface area contributed by atoms with Crippen LogP contribution in [-0.2, 0) is 4.79 Å². The van der Waals surface area contributed by atoms with Crippen molar-refractivity contribution >= 4 is 29.2 Å². The third kappa shape index (κ3) is 6.17. The molecule has 0 aliphatic carbocycles. The molecule has 0 saturated heterocycles. The van der Waals surface area contributed by atoms with E-state index in [-0.39, 0.29) is 17.6 Å². The van der Waals surface area contributed by atoms with Gasteiger partial charge >= 0.3 is 0 Å². The Balaban J connectivity index is 1.84. The first-order valence-electron chi connectivity index (χ1n) is 10.7. The standard InChI is InChI=1S/C26H28N2O5S/c1-5-21(17-8-11-19(31-2)12-9-17)27-26(30)22(16-20-7-6-14-34-20)28-25(29)18-10-13-23(32-3)24(15-18)33-4/h6-16,21H,5H2,1-4H3,(H,27,30)(H,28,29)/b22-16-. The van der Waals surface area contributed by atoms with Gasteiger partial charge in [0.05, 0.1) is 27.4 Å². The number of hydrogen-bond acceptors (Lipinski definition) is 6. The number of benzene rings is 2. The molecule has 1 unspecified atom stereocenters. The summed E-state index contributed by atoms with van der Waals surface area (Å²) in [6, 6.07) is 15.9. The number of carbonyl (C=O) groups excluding carboxylic acids is 2. The Kier molecular flexibility index (Phi) is 8.70. The molecule has 1 aromatic heterocycles. The van der Waals surface area contributed by atoms with E-state index >= 15 is 0 Å². The van der Waals surface area contributed by atoms with E-state index in [1.54, 1.807) is 31.4 Å². The van der Waals surface area contributed by atoms with Crippen molar-refractivity contribution in [1.82, 2.24) is 10.6 Å². The Morgan fingerprint density at radius 2 is 1.71 bits per heavy atom. The van der Waals surface area contributed by atoms with Gasteiger partial charge in [-0.2, -0.15) is 0 Å². The number of amides is 2. The second-order valence-electron chi connectivity index (χ2n) is 7.30. The molecular weight excluding hydrogens is 452 g/mol. The Hall–Kier alpha value is -3.78. The summed E-state index contributed by atoms with van der Waals surface area (Å²) in [5, 5.41) is 7.69. The predicted octanol–water partition coefficient (Wildman–Crippen LogP) is 4.81. The molecule has 0 bridgehead atoms. The molecule has 3 aromatic rings. The van der Waals surface area contributed by atoms with Crippen LogP contribution in [0, 0.1) is 0 Å². The zero-order valence-electron chi connectivity index (χ0n) is 19.6. The average Bonchev–Trinajstić information content (AvgIpc) is 3.39. The van der Waals surface area contributed by atoms with Crippen LogP contribution in [0.2, 0.25) is 0 Å². The first kappa shape index (κ1) is 24.9. The number of rotatable bonds is 10. The number of methoxy groups -OCH3 is 3. The molecule has 2 amide bonds. The molecule has 34 heavy (non-hydrogen) atoms. The van der Waals surface area contributed by atoms with Gasteiger partial charge in [0, 0.05) is 10.4 Å². The van der Waals surface area contributed by atoms with Crippen molar-refractivity contribution < 1.29 is 23.8 Å². The molecule has 0 fully saturated rings. The van der Waals surface area contributed by atoms with Crippen molar-refractivity contribution in [3.8, 4) is 17.2 Å². The van der Waals surface area contributed by atoms with Crippen LogP contribution in [0.3, 0.4) is 0 Å². The maximum Gasteiger partial charge on any atom is 0.268 e. The van der Waals surface area contributed by atoms with Crippen molar-refractivity contribution in [3.05, 3.63) is 81.7 Å². The van der Waals surface area contributed by atoms with E-state index in [2.05, 4.69) is 10.6 Å². The monoisotopic (exact) mass is 480 g/mol. The Bertz CT molecular complexity index is 1140. The normalized spacial score (nSPS) is 11.9. The van der Waals surface area contributed by atoms with Gasteiger partial charge < -0.3 is 24.8 Å². The lowest BCUT2D eigenvalue weighted by Crippen LogP contribution is -2.36. The highest BCUT2D eigenvalue weighted by molar-refractivity contribution is 7.10. The van der Waals surface area contributed by atoms with Crippen molar-refractivity contribution in [1.29, 1.82) is 0 Å². The Morgan fingerprint density at radius 1 is 0.971 bits per heavy atom. The number of carbonyl (C=O) groups is 2. The molecule has 0 saturated carbocycles. The average molecular weight is 481 g/mol. The molecule has 2 aromatic carbocycles. The molecule has 8 heteroatoms. The van der Waals surface area contributed by atoms with Gasteiger partial charge in [0.15, 0.2) is 11.5 Å². The molecule has 0 radical (unpaired) electrons. The van der Waals surface area contributed by atoms with E-state index in [1.165, 1.54) is 25.6 Å². The van der Waals surface area contributed by atoms with Gasteiger partial charge in [-0.1, -0.05) is 25.1 Å². The quantitative estimate of drug-likeness (QED) is 0.407. The second-order valence-corrected chi connectivity index (χ2v) is 8.28. The van der Waals surface area contributed by atoms with E-state index in [0.29, 0.717) is 23.5 Å². The van der Waals surface area contributed by atoms with Gasteiger partial charge in [-0.25, -0.2) is 0 Å². The van der Waals surface area contributed by atoms with Gasteiger partial charge in [-0.3, -0.25) is 9.59 Å². The van der Waals surface area contributed by atoms with Crippen LogP contribution in [0.25, 0.3) is 6.08 Å². The summed E-state index contributed by atoms with van der Waals surface area (Å²) in [5.41, 5.74) is 1.43. The summed E-state index contributed by atoms with van der Waals surface area (Å²) in [6.07, 6.45) is 2.34. The van der Waals surface area contributed by atoms with E-state index in [9.17, 15) is 9.59 Å². The largest absolute Gasteiger partial charge is 0.497 e. The van der Waals surface area contributed by atoms with Crippen molar-refractivity contribution in [2.45, 2.75) is 19.4 Å². The highest BCUT2D eigenvalue weighted by atomic mass is 32.1. The molecule has 1 atom stereocenters. The first-order valence-corrected chi connectivity index (χ1v) is 11.6. The number of ether oxygens (including phenoxy) is 3. The highest BCUT2D eigenvalue weighted by Crippen LogP contribution is 2.28. The first-order chi connectivity index (χ1) is 16.5. The Morgan fingerprint density at radius 3 is 2.29 bits per heavy atom. The van der Waals surface area contributed by atoms with Crippen LogP contribution in [-0.4, -0.2) is 33.1 Å². The lowest BCUT2D eigenvalue weighted by molar-refractivity contribution is -0.118. The fraction of sp³-hybridized carbons (Fsp3) is 0.231. The topological polar surface area (TPSA) is 85.9 Å². The Labute approximate surface area is 203 Å². The van der Waals surface area contributed by atoms with Gasteiger partial charge in [0.2, 0.25) is 0 Å². The van der Waals surface area contributed by atoms with Crippen LogP contribution in [0.4, 0.5) is 0 Å². The predicted molar refractivity (Wildman–Crippen MR) is 133 cm³/mol. The van der Waals surface area contributed by atoms with Crippen LogP contribution in [0.15, 0.2) is 65.7 Å². The van der Waals surface area contributed by atoms with Crippen LogP contribution in [0.5, 0.6) is 17.2 Å². The highest BCUT2D eigenvalue weighted by Gasteiger charge is 2.20. The summed E-state index contributed by atoms with van der Waals surface area (Å²) in [7, 11) is 4.63. The van der Waals surface area contributed by atoms with E-state index in [4.69, 9.17) is 14.2 Å². The smallest absolute Gasteiger partial charge is 0.268 e. The maximum atomic E-state index is 13.3. The van der Waals surface area contributed by atoms with E-state index in [0.717, 1.165) is 16.2 Å². The SMILES string of the molecule is CCC(NC(=O)/C(=C/c1cccs1)NC(=O)c1ccc(OC)c(OC)c1)c1ccc(OC)cc1. The number of thiophene rings is 1. The van der Waals surface area contributed by atoms with Crippen LogP contribution < -0.4 is 24.8 Å². The summed E-state index contributed by atoms with van der Waals surface area (Å²) in [6.45, 7) is 1.99. The molecule has 1 heterocycles. The minimum atomic E-state index is -0.434. The molecule has 3 rings (SSSR count). The fourth-order valence-corrected chi connectivity index (χ4v) is 4.00. The lowest BCUT2D eigenvalue weighted by Gasteiger charge is -2.19. The maximum absolute atomic E-state index is 13.3. The van der Waals surface area contributed by atoms with E-state index < -0.39 is 5.91 Å². The lowest BCUT2D eigenvalue weighted by atomic mass is 10.0. The fourth-order valence-electron chi connectivity index (χ4n) is 3.34. The molecule has 0 aliphatic heterocycles. The number of nitrogens with one attached hydrogen (secondary N) is 2. The van der Waals surface area contributed by atoms with E-state index in [1.807, 2.05) is 48.7 Å². The molecule has 0 spiro atoms. The van der Waals surface area contributed by atoms with Crippen LogP contribution >= 0.6 is 11.3 Å². The zero-order chi connectivity index (χ0) is 24.5. The van der Waals surface area contributed by atoms with Crippen molar-refractivity contribution in [3.63, 3.8) is 0 Å². The molecule has 0 aliphatic rings. The third-order valence-electron chi connectivity index (χ3n) is 5.20. The number of hydrogen-bond donors (Lipinski definition) is 2. The van der Waals surface area contributed by atoms with Gasteiger partial charge in [0.25, 0.3) is 11.8 Å². The van der Waals surface area contributed by atoms with Crippen molar-refractivity contribution in [2.24, 2.45) is 0 Å². The van der Waals surface area contributed by atoms with Gasteiger partial charge in [-0.15, -0.1) is 11.3 Å². The van der Waals surface area contributed by atoms with Crippen molar-refractivity contribution in [2.75, 3.05) is 21.3 Å². The van der Waals surface area contributed by atoms with Gasteiger partial charge in [-0.05, 0) is 59.8 Å². The minimum Gasteiger partial charge on any atom is -0.497 e. The zero-order valence-corrected chi connectivity index (χ0v) is 20.4.